The Bertz CT molecular complexity index is 603. The lowest BCUT2D eigenvalue weighted by Gasteiger charge is -2.35. The number of aliphatic hydroxyl groups is 1. The van der Waals surface area contributed by atoms with Crippen molar-refractivity contribution in [3.05, 3.63) is 33.8 Å². The topological polar surface area (TPSA) is 77.8 Å². The van der Waals surface area contributed by atoms with Gasteiger partial charge in [0.15, 0.2) is 5.60 Å². The van der Waals surface area contributed by atoms with E-state index in [-0.39, 0.29) is 37.6 Å². The molecule has 0 aromatic heterocycles. The molecule has 1 aromatic carbocycles. The number of nitrogens with zero attached hydrogens (tertiary/aromatic N) is 1. The SMILES string of the molecule is O=C(CSCc1ccc(Cl)cc1Cl)N1CCC(O)(C(=O)O)CC1. The van der Waals surface area contributed by atoms with E-state index in [0.29, 0.717) is 15.8 Å². The van der Waals surface area contributed by atoms with Crippen LogP contribution in [0.3, 0.4) is 0 Å². The molecule has 0 aliphatic carbocycles. The zero-order chi connectivity index (χ0) is 17.0. The summed E-state index contributed by atoms with van der Waals surface area (Å²) >= 11 is 13.3. The second-order valence-corrected chi connectivity index (χ2v) is 7.28. The van der Waals surface area contributed by atoms with Crippen LogP contribution < -0.4 is 0 Å². The van der Waals surface area contributed by atoms with Gasteiger partial charge in [0.1, 0.15) is 0 Å². The number of thioether (sulfide) groups is 1. The lowest BCUT2D eigenvalue weighted by Crippen LogP contribution is -2.51. The Morgan fingerprint density at radius 2 is 1.91 bits per heavy atom. The first-order valence-electron chi connectivity index (χ1n) is 7.07. The first-order chi connectivity index (χ1) is 10.8. The van der Waals surface area contributed by atoms with E-state index in [1.165, 1.54) is 11.8 Å². The fourth-order valence-electron chi connectivity index (χ4n) is 2.32. The second kappa shape index (κ2) is 7.75. The fourth-order valence-corrected chi connectivity index (χ4v) is 3.80. The summed E-state index contributed by atoms with van der Waals surface area (Å²) in [6.07, 6.45) is 0.115. The van der Waals surface area contributed by atoms with Crippen LogP contribution in [-0.2, 0) is 15.3 Å². The van der Waals surface area contributed by atoms with Crippen molar-refractivity contribution in [2.45, 2.75) is 24.2 Å². The molecule has 0 spiro atoms. The third-order valence-corrected chi connectivity index (χ3v) is 5.39. The summed E-state index contributed by atoms with van der Waals surface area (Å²) in [7, 11) is 0. The van der Waals surface area contributed by atoms with Gasteiger partial charge in [-0.2, -0.15) is 0 Å². The summed E-state index contributed by atoms with van der Waals surface area (Å²) in [5, 5.41) is 20.0. The maximum absolute atomic E-state index is 12.1. The molecule has 0 unspecified atom stereocenters. The molecular formula is C15H17Cl2NO4S. The number of amides is 1. The summed E-state index contributed by atoms with van der Waals surface area (Å²) < 4.78 is 0. The average molecular weight is 378 g/mol. The highest BCUT2D eigenvalue weighted by molar-refractivity contribution is 7.99. The summed E-state index contributed by atoms with van der Waals surface area (Å²) in [5.74, 6) is -0.414. The van der Waals surface area contributed by atoms with E-state index in [1.54, 1.807) is 17.0 Å². The van der Waals surface area contributed by atoms with Gasteiger partial charge in [-0.3, -0.25) is 4.79 Å². The number of rotatable bonds is 5. The molecule has 0 saturated carbocycles. The summed E-state index contributed by atoms with van der Waals surface area (Å²) in [6.45, 7) is 0.508. The van der Waals surface area contributed by atoms with Gasteiger partial charge >= 0.3 is 5.97 Å². The van der Waals surface area contributed by atoms with Gasteiger partial charge in [-0.25, -0.2) is 4.79 Å². The van der Waals surface area contributed by atoms with Crippen molar-refractivity contribution in [3.63, 3.8) is 0 Å². The van der Waals surface area contributed by atoms with Crippen molar-refractivity contribution in [3.8, 4) is 0 Å². The van der Waals surface area contributed by atoms with Crippen molar-refractivity contribution in [2.75, 3.05) is 18.8 Å². The van der Waals surface area contributed by atoms with E-state index < -0.39 is 11.6 Å². The minimum atomic E-state index is -1.71. The van der Waals surface area contributed by atoms with E-state index in [4.69, 9.17) is 28.3 Å². The lowest BCUT2D eigenvalue weighted by atomic mass is 9.92. The van der Waals surface area contributed by atoms with Crippen LogP contribution in [-0.4, -0.2) is 51.4 Å². The number of carbonyl (C=O) groups is 2. The Morgan fingerprint density at radius 3 is 2.48 bits per heavy atom. The van der Waals surface area contributed by atoms with E-state index >= 15 is 0 Å². The molecule has 1 saturated heterocycles. The maximum Gasteiger partial charge on any atom is 0.335 e. The smallest absolute Gasteiger partial charge is 0.335 e. The summed E-state index contributed by atoms with van der Waals surface area (Å²) in [6, 6.07) is 5.25. The Kier molecular flexibility index (Phi) is 6.19. The molecule has 1 aliphatic rings. The zero-order valence-corrected chi connectivity index (χ0v) is 14.6. The molecule has 5 nitrogen and oxygen atoms in total. The largest absolute Gasteiger partial charge is 0.479 e. The highest BCUT2D eigenvalue weighted by Gasteiger charge is 2.40. The number of benzene rings is 1. The van der Waals surface area contributed by atoms with Crippen molar-refractivity contribution in [1.29, 1.82) is 0 Å². The zero-order valence-electron chi connectivity index (χ0n) is 12.3. The quantitative estimate of drug-likeness (QED) is 0.824. The summed E-state index contributed by atoms with van der Waals surface area (Å²) in [5.41, 5.74) is -0.798. The number of carboxylic acid groups (broad SMARTS) is 1. The van der Waals surface area contributed by atoms with Gasteiger partial charge in [0.05, 0.1) is 5.75 Å². The number of halogens is 2. The van der Waals surface area contributed by atoms with E-state index in [1.807, 2.05) is 6.07 Å². The minimum Gasteiger partial charge on any atom is -0.479 e. The van der Waals surface area contributed by atoms with Crippen LogP contribution in [0.5, 0.6) is 0 Å². The third kappa shape index (κ3) is 4.76. The lowest BCUT2D eigenvalue weighted by molar-refractivity contribution is -0.165. The Labute approximate surface area is 148 Å². The van der Waals surface area contributed by atoms with Crippen molar-refractivity contribution in [2.24, 2.45) is 0 Å². The van der Waals surface area contributed by atoms with Crippen LogP contribution >= 0.6 is 35.0 Å². The molecule has 1 heterocycles. The van der Waals surface area contributed by atoms with Crippen LogP contribution in [0.4, 0.5) is 0 Å². The normalized spacial score (nSPS) is 17.1. The van der Waals surface area contributed by atoms with Crippen molar-refractivity contribution >= 4 is 46.8 Å². The average Bonchev–Trinajstić information content (AvgIpc) is 2.50. The van der Waals surface area contributed by atoms with Crippen LogP contribution in [0.1, 0.15) is 18.4 Å². The molecule has 8 heteroatoms. The molecular weight excluding hydrogens is 361 g/mol. The highest BCUT2D eigenvalue weighted by atomic mass is 35.5. The number of carboxylic acids is 1. The minimum absolute atomic E-state index is 0.0573. The fraction of sp³-hybridized carbons (Fsp3) is 0.467. The van der Waals surface area contributed by atoms with Gasteiger partial charge in [0.2, 0.25) is 5.91 Å². The first kappa shape index (κ1) is 18.4. The van der Waals surface area contributed by atoms with E-state index in [9.17, 15) is 14.7 Å². The highest BCUT2D eigenvalue weighted by Crippen LogP contribution is 2.26. The Hall–Kier alpha value is -0.950. The van der Waals surface area contributed by atoms with Gasteiger partial charge < -0.3 is 15.1 Å². The second-order valence-electron chi connectivity index (χ2n) is 5.45. The Morgan fingerprint density at radius 1 is 1.26 bits per heavy atom. The summed E-state index contributed by atoms with van der Waals surface area (Å²) in [4.78, 5) is 24.7. The van der Waals surface area contributed by atoms with Crippen molar-refractivity contribution < 1.29 is 19.8 Å². The molecule has 23 heavy (non-hydrogen) atoms. The molecule has 126 valence electrons. The standard InChI is InChI=1S/C15H17Cl2NO4S/c16-11-2-1-10(12(17)7-11)8-23-9-13(19)18-5-3-15(22,4-6-18)14(20)21/h1-2,7,22H,3-6,8-9H2,(H,20,21). The van der Waals surface area contributed by atoms with Crippen molar-refractivity contribution in [1.82, 2.24) is 4.90 Å². The van der Waals surface area contributed by atoms with Crippen LogP contribution in [0.25, 0.3) is 0 Å². The molecule has 2 rings (SSSR count). The molecule has 0 radical (unpaired) electrons. The number of hydrogen-bond donors (Lipinski definition) is 2. The molecule has 0 bridgehead atoms. The first-order valence-corrected chi connectivity index (χ1v) is 8.98. The van der Waals surface area contributed by atoms with Gasteiger partial charge in [0.25, 0.3) is 0 Å². The number of carbonyl (C=O) groups excluding carboxylic acids is 1. The van der Waals surface area contributed by atoms with E-state index in [0.717, 1.165) is 5.56 Å². The number of aliphatic carboxylic acids is 1. The predicted octanol–water partition coefficient (Wildman–Crippen LogP) is 2.66. The number of likely N-dealkylation sites (tertiary alicyclic amines) is 1. The molecule has 1 fully saturated rings. The molecule has 1 amide bonds. The number of hydrogen-bond acceptors (Lipinski definition) is 4. The molecule has 1 aliphatic heterocycles. The van der Waals surface area contributed by atoms with Crippen LogP contribution in [0.15, 0.2) is 18.2 Å². The van der Waals surface area contributed by atoms with Gasteiger partial charge in [0, 0.05) is 41.7 Å². The molecule has 0 atom stereocenters. The van der Waals surface area contributed by atoms with Gasteiger partial charge in [-0.05, 0) is 17.7 Å². The third-order valence-electron chi connectivity index (χ3n) is 3.84. The molecule has 1 aromatic rings. The van der Waals surface area contributed by atoms with Crippen LogP contribution in [0.2, 0.25) is 10.0 Å². The monoisotopic (exact) mass is 377 g/mol. The Balaban J connectivity index is 1.79. The van der Waals surface area contributed by atoms with Crippen LogP contribution in [0, 0.1) is 0 Å². The van der Waals surface area contributed by atoms with Gasteiger partial charge in [-0.15, -0.1) is 11.8 Å². The number of piperidine rings is 1. The molecule has 2 N–H and O–H groups in total. The predicted molar refractivity (Wildman–Crippen MR) is 91.0 cm³/mol. The van der Waals surface area contributed by atoms with Gasteiger partial charge in [-0.1, -0.05) is 29.3 Å². The maximum atomic E-state index is 12.1. The van der Waals surface area contributed by atoms with E-state index in [2.05, 4.69) is 0 Å².